The van der Waals surface area contributed by atoms with Gasteiger partial charge in [0.1, 0.15) is 27.5 Å². The lowest BCUT2D eigenvalue weighted by molar-refractivity contribution is -0.139. The van der Waals surface area contributed by atoms with E-state index in [0.29, 0.717) is 28.3 Å². The second-order valence-electron chi connectivity index (χ2n) is 7.73. The molecule has 2 aromatic rings. The first kappa shape index (κ1) is 23.3. The summed E-state index contributed by atoms with van der Waals surface area (Å²) >= 11 is 3.42. The van der Waals surface area contributed by atoms with Gasteiger partial charge in [-0.25, -0.2) is 4.39 Å². The smallest absolute Gasteiger partial charge is 0.260 e. The molecule has 0 saturated carbocycles. The van der Waals surface area contributed by atoms with E-state index in [4.69, 9.17) is 14.2 Å². The Labute approximate surface area is 191 Å². The van der Waals surface area contributed by atoms with Gasteiger partial charge in [0.25, 0.3) is 5.91 Å². The molecule has 2 unspecified atom stereocenters. The van der Waals surface area contributed by atoms with E-state index in [1.54, 1.807) is 38.5 Å². The Kier molecular flexibility index (Phi) is 7.78. The van der Waals surface area contributed by atoms with Crippen LogP contribution in [0.1, 0.15) is 19.4 Å². The number of hydrogen-bond donors (Lipinski definition) is 0. The van der Waals surface area contributed by atoms with Gasteiger partial charge in [0.15, 0.2) is 6.61 Å². The Morgan fingerprint density at radius 3 is 2.26 bits per heavy atom. The standard InChI is InChI=1S/C23H28BrFN2O4/c1-15-12-27(16(2)11-26(15)13-17-5-7-18(25)8-6-17)22(28)14-31-19-9-20(29-3)23(24)21(10-19)30-4/h5-10,15-16H,11-14H2,1-4H3. The highest BCUT2D eigenvalue weighted by atomic mass is 79.9. The van der Waals surface area contributed by atoms with Crippen LogP contribution in [0.15, 0.2) is 40.9 Å². The predicted molar refractivity (Wildman–Crippen MR) is 120 cm³/mol. The second-order valence-corrected chi connectivity index (χ2v) is 8.52. The maximum Gasteiger partial charge on any atom is 0.260 e. The highest BCUT2D eigenvalue weighted by Crippen LogP contribution is 2.38. The fourth-order valence-corrected chi connectivity index (χ4v) is 4.30. The minimum absolute atomic E-state index is 0.0433. The summed E-state index contributed by atoms with van der Waals surface area (Å²) in [4.78, 5) is 17.0. The maximum absolute atomic E-state index is 13.2. The van der Waals surface area contributed by atoms with Gasteiger partial charge in [0.05, 0.1) is 14.2 Å². The summed E-state index contributed by atoms with van der Waals surface area (Å²) in [7, 11) is 3.12. The number of amides is 1. The van der Waals surface area contributed by atoms with Crippen molar-refractivity contribution < 1.29 is 23.4 Å². The normalized spacial score (nSPS) is 19.2. The molecule has 0 spiro atoms. The van der Waals surface area contributed by atoms with Crippen molar-refractivity contribution in [3.05, 3.63) is 52.3 Å². The number of carbonyl (C=O) groups excluding carboxylic acids is 1. The SMILES string of the molecule is COc1cc(OCC(=O)N2CC(C)N(Cc3ccc(F)cc3)CC2C)cc(OC)c1Br. The third-order valence-electron chi connectivity index (χ3n) is 5.52. The van der Waals surface area contributed by atoms with Crippen molar-refractivity contribution in [2.45, 2.75) is 32.5 Å². The van der Waals surface area contributed by atoms with E-state index < -0.39 is 0 Å². The second kappa shape index (κ2) is 10.3. The van der Waals surface area contributed by atoms with Crippen LogP contribution in [0.4, 0.5) is 4.39 Å². The molecule has 1 fully saturated rings. The minimum atomic E-state index is -0.235. The van der Waals surface area contributed by atoms with Crippen molar-refractivity contribution in [1.29, 1.82) is 0 Å². The van der Waals surface area contributed by atoms with Crippen LogP contribution < -0.4 is 14.2 Å². The first-order valence-electron chi connectivity index (χ1n) is 10.1. The van der Waals surface area contributed by atoms with Gasteiger partial charge in [-0.1, -0.05) is 12.1 Å². The van der Waals surface area contributed by atoms with Gasteiger partial charge in [-0.05, 0) is 47.5 Å². The monoisotopic (exact) mass is 494 g/mol. The van der Waals surface area contributed by atoms with Crippen LogP contribution in [0.2, 0.25) is 0 Å². The molecule has 1 heterocycles. The summed E-state index contributed by atoms with van der Waals surface area (Å²) in [6.07, 6.45) is 0. The van der Waals surface area contributed by atoms with Gasteiger partial charge in [0.2, 0.25) is 0 Å². The van der Waals surface area contributed by atoms with Crippen LogP contribution in [0.25, 0.3) is 0 Å². The summed E-state index contributed by atoms with van der Waals surface area (Å²) in [5.41, 5.74) is 1.06. The molecule has 31 heavy (non-hydrogen) atoms. The molecule has 3 rings (SSSR count). The zero-order chi connectivity index (χ0) is 22.5. The highest BCUT2D eigenvalue weighted by Gasteiger charge is 2.32. The van der Waals surface area contributed by atoms with E-state index in [1.165, 1.54) is 12.1 Å². The third kappa shape index (κ3) is 5.68. The van der Waals surface area contributed by atoms with Gasteiger partial charge in [0, 0.05) is 43.9 Å². The van der Waals surface area contributed by atoms with Gasteiger partial charge in [-0.2, -0.15) is 0 Å². The van der Waals surface area contributed by atoms with Crippen LogP contribution in [-0.4, -0.2) is 61.7 Å². The molecule has 1 saturated heterocycles. The van der Waals surface area contributed by atoms with Gasteiger partial charge < -0.3 is 19.1 Å². The van der Waals surface area contributed by atoms with Crippen molar-refractivity contribution in [2.75, 3.05) is 33.9 Å². The molecule has 0 N–H and O–H groups in total. The molecule has 0 radical (unpaired) electrons. The quantitative estimate of drug-likeness (QED) is 0.579. The molecule has 2 aromatic carbocycles. The first-order chi connectivity index (χ1) is 14.8. The number of benzene rings is 2. The molecule has 8 heteroatoms. The molecular formula is C23H28BrFN2O4. The van der Waals surface area contributed by atoms with Crippen LogP contribution >= 0.6 is 15.9 Å². The average Bonchev–Trinajstić information content (AvgIpc) is 2.76. The highest BCUT2D eigenvalue weighted by molar-refractivity contribution is 9.10. The minimum Gasteiger partial charge on any atom is -0.495 e. The Balaban J connectivity index is 1.60. The fourth-order valence-electron chi connectivity index (χ4n) is 3.75. The molecule has 1 aliphatic heterocycles. The number of carbonyl (C=O) groups is 1. The van der Waals surface area contributed by atoms with E-state index in [-0.39, 0.29) is 30.4 Å². The van der Waals surface area contributed by atoms with E-state index in [2.05, 4.69) is 27.8 Å². The topological polar surface area (TPSA) is 51.2 Å². The number of piperazine rings is 1. The van der Waals surface area contributed by atoms with Crippen molar-refractivity contribution in [3.8, 4) is 17.2 Å². The molecule has 0 bridgehead atoms. The summed E-state index contributed by atoms with van der Waals surface area (Å²) in [5.74, 6) is 1.33. The Morgan fingerprint density at radius 2 is 1.68 bits per heavy atom. The zero-order valence-corrected chi connectivity index (χ0v) is 19.8. The Morgan fingerprint density at radius 1 is 1.06 bits per heavy atom. The van der Waals surface area contributed by atoms with Crippen LogP contribution in [0.5, 0.6) is 17.2 Å². The maximum atomic E-state index is 13.2. The van der Waals surface area contributed by atoms with Crippen LogP contribution in [-0.2, 0) is 11.3 Å². The number of nitrogens with zero attached hydrogens (tertiary/aromatic N) is 2. The summed E-state index contributed by atoms with van der Waals surface area (Å²) < 4.78 is 30.2. The number of rotatable bonds is 7. The molecule has 0 aliphatic carbocycles. The summed E-state index contributed by atoms with van der Waals surface area (Å²) in [6.45, 7) is 6.14. The fraction of sp³-hybridized carbons (Fsp3) is 0.435. The van der Waals surface area contributed by atoms with Crippen molar-refractivity contribution in [1.82, 2.24) is 9.80 Å². The van der Waals surface area contributed by atoms with Crippen LogP contribution in [0, 0.1) is 5.82 Å². The van der Waals surface area contributed by atoms with E-state index in [0.717, 1.165) is 18.7 Å². The van der Waals surface area contributed by atoms with Crippen molar-refractivity contribution in [3.63, 3.8) is 0 Å². The lowest BCUT2D eigenvalue weighted by Crippen LogP contribution is -2.58. The molecule has 168 valence electrons. The largest absolute Gasteiger partial charge is 0.495 e. The molecule has 0 aromatic heterocycles. The number of halogens is 2. The van der Waals surface area contributed by atoms with Crippen LogP contribution in [0.3, 0.4) is 0 Å². The predicted octanol–water partition coefficient (Wildman–Crippen LogP) is 4.11. The summed E-state index contributed by atoms with van der Waals surface area (Å²) in [6, 6.07) is 10.2. The molecule has 6 nitrogen and oxygen atoms in total. The van der Waals surface area contributed by atoms with E-state index >= 15 is 0 Å². The van der Waals surface area contributed by atoms with Gasteiger partial charge >= 0.3 is 0 Å². The first-order valence-corrected chi connectivity index (χ1v) is 10.9. The Bertz CT molecular complexity index is 884. The molecule has 1 amide bonds. The average molecular weight is 495 g/mol. The molecule has 2 atom stereocenters. The number of ether oxygens (including phenoxy) is 3. The Hall–Kier alpha value is -2.32. The lowest BCUT2D eigenvalue weighted by atomic mass is 10.1. The zero-order valence-electron chi connectivity index (χ0n) is 18.2. The third-order valence-corrected chi connectivity index (χ3v) is 6.30. The number of methoxy groups -OCH3 is 2. The van der Waals surface area contributed by atoms with Crippen molar-refractivity contribution >= 4 is 21.8 Å². The summed E-state index contributed by atoms with van der Waals surface area (Å²) in [5, 5.41) is 0. The lowest BCUT2D eigenvalue weighted by Gasteiger charge is -2.44. The number of hydrogen-bond acceptors (Lipinski definition) is 5. The van der Waals surface area contributed by atoms with Gasteiger partial charge in [-0.3, -0.25) is 9.69 Å². The molecular weight excluding hydrogens is 467 g/mol. The van der Waals surface area contributed by atoms with E-state index in [1.807, 2.05) is 11.8 Å². The van der Waals surface area contributed by atoms with E-state index in [9.17, 15) is 9.18 Å². The van der Waals surface area contributed by atoms with Crippen molar-refractivity contribution in [2.24, 2.45) is 0 Å². The molecule has 1 aliphatic rings. The van der Waals surface area contributed by atoms with Gasteiger partial charge in [-0.15, -0.1) is 0 Å².